The van der Waals surface area contributed by atoms with Crippen molar-refractivity contribution in [2.24, 2.45) is 5.92 Å². The Morgan fingerprint density at radius 3 is 2.54 bits per heavy atom. The number of benzene rings is 1. The second-order valence-corrected chi connectivity index (χ2v) is 12.4. The third-order valence-electron chi connectivity index (χ3n) is 9.57. The molecule has 5 rings (SSSR count). The number of rotatable bonds is 9. The molecule has 224 valence electrons. The summed E-state index contributed by atoms with van der Waals surface area (Å²) in [5.74, 6) is 1.53. The number of carbonyl (C=O) groups excluding carboxylic acids is 2. The minimum atomic E-state index is 0.0258. The Labute approximate surface area is 246 Å². The second-order valence-electron chi connectivity index (χ2n) is 12.4. The van der Waals surface area contributed by atoms with Crippen molar-refractivity contribution in [3.8, 4) is 5.75 Å². The first kappa shape index (κ1) is 29.7. The molecule has 2 fully saturated rings. The summed E-state index contributed by atoms with van der Waals surface area (Å²) in [7, 11) is 0. The number of aromatic nitrogens is 1. The SMILES string of the molecule is CCOc1cccc(C(=O)N2CCC(CCCCNC(=O)c3cc4c([nH]3)CCNC43CCCCCCCC3)CC2)c1. The van der Waals surface area contributed by atoms with Gasteiger partial charge in [0, 0.05) is 49.4 Å². The number of carbonyl (C=O) groups is 2. The molecule has 2 amide bonds. The van der Waals surface area contributed by atoms with Crippen molar-refractivity contribution >= 4 is 11.8 Å². The van der Waals surface area contributed by atoms with Gasteiger partial charge in [-0.05, 0) is 74.8 Å². The standard InChI is InChI=1S/C34H50N4O3/c1-2-41-28-14-11-13-27(24-28)33(40)38-22-16-26(17-23-38)12-7-10-20-35-32(39)31-25-29-30(37-31)15-21-36-34(29)18-8-5-3-4-6-9-19-34/h11,13-14,24-26,36-37H,2-10,12,15-23H2,1H3,(H,35,39). The van der Waals surface area contributed by atoms with Crippen LogP contribution in [0.15, 0.2) is 30.3 Å². The number of nitrogens with zero attached hydrogens (tertiary/aromatic N) is 1. The molecule has 0 atom stereocenters. The number of hydrogen-bond donors (Lipinski definition) is 3. The highest BCUT2D eigenvalue weighted by molar-refractivity contribution is 5.94. The van der Waals surface area contributed by atoms with Crippen LogP contribution in [0.25, 0.3) is 0 Å². The van der Waals surface area contributed by atoms with Crippen LogP contribution in [0, 0.1) is 5.92 Å². The van der Waals surface area contributed by atoms with Gasteiger partial charge in [-0.3, -0.25) is 9.59 Å². The van der Waals surface area contributed by atoms with E-state index >= 15 is 0 Å². The molecule has 3 N–H and O–H groups in total. The molecule has 1 saturated carbocycles. The van der Waals surface area contributed by atoms with Gasteiger partial charge in [-0.15, -0.1) is 0 Å². The van der Waals surface area contributed by atoms with Crippen LogP contribution in [-0.4, -0.2) is 54.5 Å². The lowest BCUT2D eigenvalue weighted by atomic mass is 9.78. The highest BCUT2D eigenvalue weighted by Crippen LogP contribution is 2.39. The van der Waals surface area contributed by atoms with Gasteiger partial charge in [0.1, 0.15) is 11.4 Å². The van der Waals surface area contributed by atoms with Gasteiger partial charge >= 0.3 is 0 Å². The summed E-state index contributed by atoms with van der Waals surface area (Å²) in [6.45, 7) is 5.87. The van der Waals surface area contributed by atoms with Gasteiger partial charge in [0.15, 0.2) is 0 Å². The van der Waals surface area contributed by atoms with Crippen LogP contribution >= 0.6 is 0 Å². The maximum absolute atomic E-state index is 13.0. The van der Waals surface area contributed by atoms with Crippen LogP contribution in [0.3, 0.4) is 0 Å². The number of unbranched alkanes of at least 4 members (excludes halogenated alkanes) is 1. The van der Waals surface area contributed by atoms with E-state index in [9.17, 15) is 9.59 Å². The Bertz CT molecular complexity index is 1140. The molecule has 7 nitrogen and oxygen atoms in total. The maximum atomic E-state index is 13.0. The van der Waals surface area contributed by atoms with Crippen molar-refractivity contribution in [1.82, 2.24) is 20.5 Å². The maximum Gasteiger partial charge on any atom is 0.267 e. The quantitative estimate of drug-likeness (QED) is 0.311. The first-order chi connectivity index (χ1) is 20.1. The molecule has 7 heteroatoms. The zero-order valence-electron chi connectivity index (χ0n) is 25.1. The minimum absolute atomic E-state index is 0.0258. The van der Waals surface area contributed by atoms with Crippen LogP contribution in [0.4, 0.5) is 0 Å². The van der Waals surface area contributed by atoms with Crippen molar-refractivity contribution in [3.63, 3.8) is 0 Å². The fraction of sp³-hybridized carbons (Fsp3) is 0.647. The fourth-order valence-corrected chi connectivity index (χ4v) is 7.25. The zero-order chi connectivity index (χ0) is 28.5. The van der Waals surface area contributed by atoms with Gasteiger partial charge < -0.3 is 25.3 Å². The largest absolute Gasteiger partial charge is 0.494 e. The highest BCUT2D eigenvalue weighted by Gasteiger charge is 2.37. The van der Waals surface area contributed by atoms with E-state index in [0.717, 1.165) is 69.6 Å². The van der Waals surface area contributed by atoms with E-state index in [4.69, 9.17) is 4.74 Å². The monoisotopic (exact) mass is 562 g/mol. The number of ether oxygens (including phenoxy) is 1. The van der Waals surface area contributed by atoms with Crippen LogP contribution in [0.5, 0.6) is 5.75 Å². The number of piperidine rings is 1. The molecule has 1 aromatic heterocycles. The molecule has 1 saturated heterocycles. The number of fused-ring (bicyclic) bond motifs is 2. The van der Waals surface area contributed by atoms with E-state index in [1.807, 2.05) is 36.1 Å². The number of H-pyrrole nitrogens is 1. The molecular weight excluding hydrogens is 512 g/mol. The van der Waals surface area contributed by atoms with Gasteiger partial charge in [0.25, 0.3) is 11.8 Å². The average Bonchev–Trinajstić information content (AvgIpc) is 3.48. The molecule has 1 aliphatic carbocycles. The third kappa shape index (κ3) is 7.54. The molecule has 2 aliphatic heterocycles. The molecule has 41 heavy (non-hydrogen) atoms. The van der Waals surface area contributed by atoms with Crippen LogP contribution in [0.1, 0.15) is 122 Å². The molecule has 3 heterocycles. The Kier molecular flexibility index (Phi) is 10.4. The molecule has 0 bridgehead atoms. The van der Waals surface area contributed by atoms with Crippen molar-refractivity contribution < 1.29 is 14.3 Å². The van der Waals surface area contributed by atoms with Gasteiger partial charge in [-0.2, -0.15) is 0 Å². The summed E-state index contributed by atoms with van der Waals surface area (Å²) in [6.07, 6.45) is 16.5. The first-order valence-electron chi connectivity index (χ1n) is 16.4. The summed E-state index contributed by atoms with van der Waals surface area (Å²) >= 11 is 0. The van der Waals surface area contributed by atoms with Gasteiger partial charge in [-0.25, -0.2) is 0 Å². The lowest BCUT2D eigenvalue weighted by Crippen LogP contribution is -2.47. The highest BCUT2D eigenvalue weighted by atomic mass is 16.5. The third-order valence-corrected chi connectivity index (χ3v) is 9.57. The molecule has 3 aliphatic rings. The summed E-state index contributed by atoms with van der Waals surface area (Å²) in [6, 6.07) is 9.66. The van der Waals surface area contributed by atoms with Gasteiger partial charge in [0.05, 0.1) is 6.61 Å². The predicted molar refractivity (Wildman–Crippen MR) is 164 cm³/mol. The molecular formula is C34H50N4O3. The number of amides is 2. The van der Waals surface area contributed by atoms with E-state index in [1.165, 1.54) is 62.6 Å². The molecule has 0 radical (unpaired) electrons. The van der Waals surface area contributed by atoms with Crippen LogP contribution in [0.2, 0.25) is 0 Å². The Balaban J connectivity index is 1.03. The smallest absolute Gasteiger partial charge is 0.267 e. The number of aromatic amines is 1. The first-order valence-corrected chi connectivity index (χ1v) is 16.4. The predicted octanol–water partition coefficient (Wildman–Crippen LogP) is 6.34. The Morgan fingerprint density at radius 2 is 1.78 bits per heavy atom. The van der Waals surface area contributed by atoms with Crippen molar-refractivity contribution in [2.75, 3.05) is 32.8 Å². The lowest BCUT2D eigenvalue weighted by Gasteiger charge is -2.39. The number of nitrogens with one attached hydrogen (secondary N) is 3. The van der Waals surface area contributed by atoms with Crippen molar-refractivity contribution in [1.29, 1.82) is 0 Å². The topological polar surface area (TPSA) is 86.5 Å². The zero-order valence-corrected chi connectivity index (χ0v) is 25.1. The lowest BCUT2D eigenvalue weighted by molar-refractivity contribution is 0.0685. The van der Waals surface area contributed by atoms with Crippen LogP contribution in [-0.2, 0) is 12.0 Å². The van der Waals surface area contributed by atoms with E-state index in [0.29, 0.717) is 24.6 Å². The van der Waals surface area contributed by atoms with E-state index in [-0.39, 0.29) is 17.4 Å². The van der Waals surface area contributed by atoms with E-state index < -0.39 is 0 Å². The number of likely N-dealkylation sites (tertiary alicyclic amines) is 1. The second kappa shape index (κ2) is 14.4. The van der Waals surface area contributed by atoms with E-state index in [2.05, 4.69) is 21.7 Å². The summed E-state index contributed by atoms with van der Waals surface area (Å²) in [5, 5.41) is 7.04. The van der Waals surface area contributed by atoms with Gasteiger partial charge in [0.2, 0.25) is 0 Å². The normalized spacial score (nSPS) is 19.6. The number of hydrogen-bond acceptors (Lipinski definition) is 4. The van der Waals surface area contributed by atoms with Crippen LogP contribution < -0.4 is 15.4 Å². The summed E-state index contributed by atoms with van der Waals surface area (Å²) in [4.78, 5) is 31.5. The molecule has 1 spiro atoms. The summed E-state index contributed by atoms with van der Waals surface area (Å²) in [5.41, 5.74) is 4.09. The molecule has 1 aromatic carbocycles. The molecule has 0 unspecified atom stereocenters. The summed E-state index contributed by atoms with van der Waals surface area (Å²) < 4.78 is 5.56. The van der Waals surface area contributed by atoms with Gasteiger partial charge in [-0.1, -0.05) is 57.4 Å². The minimum Gasteiger partial charge on any atom is -0.494 e. The van der Waals surface area contributed by atoms with Crippen molar-refractivity contribution in [3.05, 3.63) is 52.8 Å². The average molecular weight is 563 g/mol. The Hall–Kier alpha value is -2.80. The fourth-order valence-electron chi connectivity index (χ4n) is 7.25. The van der Waals surface area contributed by atoms with E-state index in [1.54, 1.807) is 0 Å². The van der Waals surface area contributed by atoms with Crippen molar-refractivity contribution in [2.45, 2.75) is 102 Å². The Morgan fingerprint density at radius 1 is 1.02 bits per heavy atom. The molecule has 2 aromatic rings.